The van der Waals surface area contributed by atoms with E-state index in [9.17, 15) is 14.7 Å². The Morgan fingerprint density at radius 3 is 1.92 bits per heavy atom. The molecule has 0 aliphatic rings. The van der Waals surface area contributed by atoms with Gasteiger partial charge in [-0.2, -0.15) is 0 Å². The molecule has 1 N–H and O–H groups in total. The molecule has 1 unspecified atom stereocenters. The first-order valence-electron chi connectivity index (χ1n) is 8.39. The molecule has 0 saturated heterocycles. The third-order valence-corrected chi connectivity index (χ3v) is 4.14. The molecule has 0 aliphatic heterocycles. The molecule has 2 aromatic rings. The zero-order chi connectivity index (χ0) is 18.4. The summed E-state index contributed by atoms with van der Waals surface area (Å²) in [4.78, 5) is 23.2. The lowest BCUT2D eigenvalue weighted by Gasteiger charge is -2.14. The average Bonchev–Trinajstić information content (AvgIpc) is 2.59. The van der Waals surface area contributed by atoms with Crippen LogP contribution in [-0.4, -0.2) is 24.2 Å². The van der Waals surface area contributed by atoms with E-state index in [1.54, 1.807) is 24.3 Å². The van der Waals surface area contributed by atoms with Gasteiger partial charge in [-0.1, -0.05) is 50.2 Å². The number of carboxylic acid groups (broad SMARTS) is 1. The number of rotatable bonds is 7. The van der Waals surface area contributed by atoms with Crippen molar-refractivity contribution in [3.8, 4) is 0 Å². The zero-order valence-electron chi connectivity index (χ0n) is 14.9. The molecule has 0 amide bonds. The van der Waals surface area contributed by atoms with Gasteiger partial charge in [-0.05, 0) is 47.6 Å². The molecule has 0 radical (unpaired) electrons. The minimum Gasteiger partial charge on any atom is -0.481 e. The molecule has 2 rings (SSSR count). The van der Waals surface area contributed by atoms with Gasteiger partial charge >= 0.3 is 11.9 Å². The number of aliphatic carboxylic acids is 1. The number of hydrogen-bond acceptors (Lipinski definition) is 3. The van der Waals surface area contributed by atoms with Crippen molar-refractivity contribution >= 4 is 11.9 Å². The van der Waals surface area contributed by atoms with E-state index < -0.39 is 17.9 Å². The van der Waals surface area contributed by atoms with Crippen LogP contribution in [0.5, 0.6) is 0 Å². The fourth-order valence-corrected chi connectivity index (χ4v) is 2.84. The van der Waals surface area contributed by atoms with Gasteiger partial charge in [0.15, 0.2) is 0 Å². The zero-order valence-corrected chi connectivity index (χ0v) is 14.9. The molecule has 0 saturated carbocycles. The maximum absolute atomic E-state index is 11.7. The van der Waals surface area contributed by atoms with Crippen LogP contribution in [-0.2, 0) is 22.4 Å². The van der Waals surface area contributed by atoms with Crippen LogP contribution < -0.4 is 0 Å². The fraction of sp³-hybridized carbons (Fsp3) is 0.333. The van der Waals surface area contributed by atoms with Gasteiger partial charge in [-0.3, -0.25) is 4.79 Å². The predicted octanol–water partition coefficient (Wildman–Crippen LogP) is 4.08. The number of carbonyl (C=O) groups is 2. The Morgan fingerprint density at radius 1 is 0.920 bits per heavy atom. The van der Waals surface area contributed by atoms with Crippen LogP contribution in [0.2, 0.25) is 0 Å². The van der Waals surface area contributed by atoms with Crippen molar-refractivity contribution in [3.63, 3.8) is 0 Å². The quantitative estimate of drug-likeness (QED) is 0.771. The van der Waals surface area contributed by atoms with Gasteiger partial charge in [0.25, 0.3) is 0 Å². The van der Waals surface area contributed by atoms with Gasteiger partial charge in [0.05, 0.1) is 18.6 Å². The number of benzene rings is 2. The smallest absolute Gasteiger partial charge is 0.337 e. The van der Waals surface area contributed by atoms with Crippen molar-refractivity contribution in [1.82, 2.24) is 0 Å². The van der Waals surface area contributed by atoms with Crippen LogP contribution in [0.4, 0.5) is 0 Å². The second kappa shape index (κ2) is 8.47. The molecule has 4 heteroatoms. The van der Waals surface area contributed by atoms with Gasteiger partial charge < -0.3 is 9.84 Å². The molecule has 25 heavy (non-hydrogen) atoms. The van der Waals surface area contributed by atoms with Crippen LogP contribution in [0.25, 0.3) is 0 Å². The second-order valence-electron chi connectivity index (χ2n) is 6.62. The highest BCUT2D eigenvalue weighted by molar-refractivity contribution is 5.89. The highest BCUT2D eigenvalue weighted by Crippen LogP contribution is 2.23. The maximum Gasteiger partial charge on any atom is 0.337 e. The number of carbonyl (C=O) groups excluding carboxylic acids is 1. The Hall–Kier alpha value is -2.62. The van der Waals surface area contributed by atoms with E-state index >= 15 is 0 Å². The number of esters is 1. The van der Waals surface area contributed by atoms with Gasteiger partial charge in [0, 0.05) is 0 Å². The molecule has 0 bridgehead atoms. The van der Waals surface area contributed by atoms with Crippen molar-refractivity contribution < 1.29 is 19.4 Å². The molecule has 0 heterocycles. The minimum atomic E-state index is -0.853. The summed E-state index contributed by atoms with van der Waals surface area (Å²) < 4.78 is 4.67. The summed E-state index contributed by atoms with van der Waals surface area (Å²) >= 11 is 0. The van der Waals surface area contributed by atoms with Crippen LogP contribution in [0, 0.1) is 5.92 Å². The van der Waals surface area contributed by atoms with Crippen molar-refractivity contribution in [2.24, 2.45) is 5.92 Å². The van der Waals surface area contributed by atoms with E-state index in [1.165, 1.54) is 12.7 Å². The van der Waals surface area contributed by atoms with Crippen LogP contribution in [0.15, 0.2) is 48.5 Å². The lowest BCUT2D eigenvalue weighted by Crippen LogP contribution is -2.14. The summed E-state index contributed by atoms with van der Waals surface area (Å²) in [6, 6.07) is 14.7. The molecule has 0 aliphatic carbocycles. The first-order valence-corrected chi connectivity index (χ1v) is 8.39. The standard InChI is InChI=1S/C21H24O4/c1-14(2)12-15-4-8-17(9-5-15)19(20(22)23)13-16-6-10-18(11-7-16)21(24)25-3/h4-11,14,19H,12-13H2,1-3H3,(H,22,23). The monoisotopic (exact) mass is 340 g/mol. The van der Waals surface area contributed by atoms with E-state index in [0.29, 0.717) is 17.9 Å². The molecule has 2 aromatic carbocycles. The maximum atomic E-state index is 11.7. The Morgan fingerprint density at radius 2 is 1.44 bits per heavy atom. The topological polar surface area (TPSA) is 63.6 Å². The molecule has 132 valence electrons. The third kappa shape index (κ3) is 5.18. The normalized spacial score (nSPS) is 12.0. The molecule has 0 fully saturated rings. The highest BCUT2D eigenvalue weighted by Gasteiger charge is 2.20. The molecule has 1 atom stereocenters. The van der Waals surface area contributed by atoms with Crippen LogP contribution >= 0.6 is 0 Å². The van der Waals surface area contributed by atoms with Gasteiger partial charge in [0.1, 0.15) is 0 Å². The molecular weight excluding hydrogens is 316 g/mol. The summed E-state index contributed by atoms with van der Waals surface area (Å²) in [6.07, 6.45) is 1.35. The van der Waals surface area contributed by atoms with E-state index in [1.807, 2.05) is 24.3 Å². The number of carboxylic acids is 1. The Labute approximate surface area is 148 Å². The van der Waals surface area contributed by atoms with E-state index in [2.05, 4.69) is 18.6 Å². The summed E-state index contributed by atoms with van der Waals surface area (Å²) in [6.45, 7) is 4.32. The van der Waals surface area contributed by atoms with Crippen molar-refractivity contribution in [2.45, 2.75) is 32.6 Å². The Kier molecular flexibility index (Phi) is 6.34. The summed E-state index contributed by atoms with van der Waals surface area (Å²) in [5, 5.41) is 9.61. The van der Waals surface area contributed by atoms with Crippen LogP contribution in [0.1, 0.15) is 46.8 Å². The Balaban J connectivity index is 2.15. The Bertz CT molecular complexity index is 715. The van der Waals surface area contributed by atoms with E-state index in [0.717, 1.165) is 17.5 Å². The molecule has 4 nitrogen and oxygen atoms in total. The first kappa shape index (κ1) is 18.7. The minimum absolute atomic E-state index is 0.375. The van der Waals surface area contributed by atoms with Crippen molar-refractivity contribution in [1.29, 1.82) is 0 Å². The number of ether oxygens (including phenoxy) is 1. The molecule has 0 spiro atoms. The molecular formula is C21H24O4. The average molecular weight is 340 g/mol. The summed E-state index contributed by atoms with van der Waals surface area (Å²) in [7, 11) is 1.33. The number of methoxy groups -OCH3 is 1. The van der Waals surface area contributed by atoms with Crippen molar-refractivity contribution in [2.75, 3.05) is 7.11 Å². The van der Waals surface area contributed by atoms with Crippen molar-refractivity contribution in [3.05, 3.63) is 70.8 Å². The van der Waals surface area contributed by atoms with Crippen LogP contribution in [0.3, 0.4) is 0 Å². The largest absolute Gasteiger partial charge is 0.481 e. The van der Waals surface area contributed by atoms with Gasteiger partial charge in [-0.25, -0.2) is 4.79 Å². The highest BCUT2D eigenvalue weighted by atomic mass is 16.5. The molecule has 0 aromatic heterocycles. The fourth-order valence-electron chi connectivity index (χ4n) is 2.84. The third-order valence-electron chi connectivity index (χ3n) is 4.14. The van der Waals surface area contributed by atoms with Gasteiger partial charge in [-0.15, -0.1) is 0 Å². The summed E-state index contributed by atoms with van der Waals surface area (Å²) in [5.41, 5.74) is 3.32. The van der Waals surface area contributed by atoms with E-state index in [4.69, 9.17) is 0 Å². The van der Waals surface area contributed by atoms with Gasteiger partial charge in [0.2, 0.25) is 0 Å². The predicted molar refractivity (Wildman–Crippen MR) is 96.8 cm³/mol. The lowest BCUT2D eigenvalue weighted by atomic mass is 9.90. The second-order valence-corrected chi connectivity index (χ2v) is 6.62. The SMILES string of the molecule is COC(=O)c1ccc(CC(C(=O)O)c2ccc(CC(C)C)cc2)cc1. The number of hydrogen-bond donors (Lipinski definition) is 1. The van der Waals surface area contributed by atoms with E-state index in [-0.39, 0.29) is 0 Å². The lowest BCUT2D eigenvalue weighted by molar-refractivity contribution is -0.138. The first-order chi connectivity index (χ1) is 11.9. The summed E-state index contributed by atoms with van der Waals surface area (Å²) in [5.74, 6) is -1.30.